The molecule has 0 amide bonds. The lowest BCUT2D eigenvalue weighted by molar-refractivity contribution is 0.0526. The van der Waals surface area contributed by atoms with E-state index in [2.05, 4.69) is 6.07 Å². The molecular weight excluding hydrogens is 326 g/mol. The molecule has 0 radical (unpaired) electrons. The molecule has 0 heterocycles. The van der Waals surface area contributed by atoms with Crippen molar-refractivity contribution in [1.82, 2.24) is 0 Å². The zero-order chi connectivity index (χ0) is 18.5. The molecule has 3 rings (SSSR count). The molecule has 4 nitrogen and oxygen atoms in total. The number of hydrogen-bond acceptors (Lipinski definition) is 4. The van der Waals surface area contributed by atoms with Gasteiger partial charge in [0, 0.05) is 5.56 Å². The minimum atomic E-state index is -0.307. The van der Waals surface area contributed by atoms with Gasteiger partial charge in [0.1, 0.15) is 5.75 Å². The highest BCUT2D eigenvalue weighted by atomic mass is 16.5. The van der Waals surface area contributed by atoms with Gasteiger partial charge in [-0.25, -0.2) is 4.79 Å². The van der Waals surface area contributed by atoms with Gasteiger partial charge in [-0.3, -0.25) is 0 Å². The van der Waals surface area contributed by atoms with E-state index in [0.717, 1.165) is 36.1 Å². The fourth-order valence-corrected chi connectivity index (χ4v) is 3.42. The standard InChI is InChI=1S/C22H21NO3/c1-3-26-22(24)17-7-4-6-16(13-17)18-8-5-9-19(18)20-12-15(14-23)10-11-21(20)25-2/h4,6-7,10-13H,3,5,8-9H2,1-2H3. The van der Waals surface area contributed by atoms with Gasteiger partial charge >= 0.3 is 5.97 Å². The summed E-state index contributed by atoms with van der Waals surface area (Å²) in [6.45, 7) is 2.16. The third-order valence-corrected chi connectivity index (χ3v) is 4.59. The largest absolute Gasteiger partial charge is 0.496 e. The minimum absolute atomic E-state index is 0.307. The van der Waals surface area contributed by atoms with Crippen molar-refractivity contribution in [2.24, 2.45) is 0 Å². The molecule has 0 fully saturated rings. The summed E-state index contributed by atoms with van der Waals surface area (Å²) >= 11 is 0. The van der Waals surface area contributed by atoms with E-state index < -0.39 is 0 Å². The molecule has 0 unspecified atom stereocenters. The van der Waals surface area contributed by atoms with Crippen LogP contribution in [0.4, 0.5) is 0 Å². The summed E-state index contributed by atoms with van der Waals surface area (Å²) in [5.41, 5.74) is 5.53. The van der Waals surface area contributed by atoms with Crippen LogP contribution in [0.1, 0.15) is 53.2 Å². The SMILES string of the molecule is CCOC(=O)c1cccc(C2=C(c3cc(C#N)ccc3OC)CCC2)c1. The molecule has 132 valence electrons. The summed E-state index contributed by atoms with van der Waals surface area (Å²) in [4.78, 5) is 12.1. The molecule has 0 spiro atoms. The number of rotatable bonds is 5. The number of carbonyl (C=O) groups is 1. The molecule has 0 atom stereocenters. The zero-order valence-electron chi connectivity index (χ0n) is 15.0. The first-order valence-electron chi connectivity index (χ1n) is 8.76. The van der Waals surface area contributed by atoms with Gasteiger partial charge in [-0.1, -0.05) is 12.1 Å². The Bertz CT molecular complexity index is 906. The quantitative estimate of drug-likeness (QED) is 0.726. The van der Waals surface area contributed by atoms with Crippen LogP contribution in [-0.2, 0) is 4.74 Å². The van der Waals surface area contributed by atoms with Crippen LogP contribution < -0.4 is 4.74 Å². The lowest BCUT2D eigenvalue weighted by Gasteiger charge is -2.13. The molecule has 4 heteroatoms. The zero-order valence-corrected chi connectivity index (χ0v) is 15.0. The van der Waals surface area contributed by atoms with Crippen molar-refractivity contribution in [3.63, 3.8) is 0 Å². The second-order valence-electron chi connectivity index (χ2n) is 6.14. The smallest absolute Gasteiger partial charge is 0.338 e. The molecule has 1 aliphatic rings. The highest BCUT2D eigenvalue weighted by Crippen LogP contribution is 2.43. The van der Waals surface area contributed by atoms with Crippen molar-refractivity contribution in [2.45, 2.75) is 26.2 Å². The predicted octanol–water partition coefficient (Wildman–Crippen LogP) is 4.84. The Hall–Kier alpha value is -3.06. The van der Waals surface area contributed by atoms with Gasteiger partial charge in [0.05, 0.1) is 30.9 Å². The molecule has 0 saturated heterocycles. The van der Waals surface area contributed by atoms with Gasteiger partial charge in [0.15, 0.2) is 0 Å². The van der Waals surface area contributed by atoms with Crippen LogP contribution in [-0.4, -0.2) is 19.7 Å². The highest BCUT2D eigenvalue weighted by molar-refractivity contribution is 5.97. The average Bonchev–Trinajstić information content (AvgIpc) is 3.17. The third kappa shape index (κ3) is 3.48. The van der Waals surface area contributed by atoms with Crippen molar-refractivity contribution in [2.75, 3.05) is 13.7 Å². The van der Waals surface area contributed by atoms with Crippen molar-refractivity contribution >= 4 is 17.1 Å². The molecule has 0 aromatic heterocycles. The minimum Gasteiger partial charge on any atom is -0.496 e. The van der Waals surface area contributed by atoms with E-state index in [1.807, 2.05) is 30.3 Å². The summed E-state index contributed by atoms with van der Waals surface area (Å²) < 4.78 is 10.6. The van der Waals surface area contributed by atoms with E-state index >= 15 is 0 Å². The van der Waals surface area contributed by atoms with Crippen LogP contribution in [0, 0.1) is 11.3 Å². The molecule has 0 bridgehead atoms. The van der Waals surface area contributed by atoms with Crippen LogP contribution in [0.5, 0.6) is 5.75 Å². The number of nitriles is 1. The molecule has 26 heavy (non-hydrogen) atoms. The Labute approximate surface area is 153 Å². The first kappa shape index (κ1) is 17.8. The second-order valence-corrected chi connectivity index (χ2v) is 6.14. The summed E-state index contributed by atoms with van der Waals surface area (Å²) in [7, 11) is 1.64. The number of esters is 1. The van der Waals surface area contributed by atoms with Gasteiger partial charge < -0.3 is 9.47 Å². The van der Waals surface area contributed by atoms with Gasteiger partial charge in [0.2, 0.25) is 0 Å². The monoisotopic (exact) mass is 347 g/mol. The normalized spacial score (nSPS) is 13.4. The lowest BCUT2D eigenvalue weighted by Crippen LogP contribution is -2.04. The Balaban J connectivity index is 2.09. The Morgan fingerprint density at radius 2 is 1.96 bits per heavy atom. The average molecular weight is 347 g/mol. The van der Waals surface area contributed by atoms with Gasteiger partial charge in [-0.05, 0) is 73.2 Å². The first-order chi connectivity index (χ1) is 12.7. The van der Waals surface area contributed by atoms with E-state index in [9.17, 15) is 10.1 Å². The van der Waals surface area contributed by atoms with Crippen LogP contribution in [0.2, 0.25) is 0 Å². The molecule has 0 aliphatic heterocycles. The van der Waals surface area contributed by atoms with Crippen LogP contribution in [0.25, 0.3) is 11.1 Å². The number of carbonyl (C=O) groups excluding carboxylic acids is 1. The highest BCUT2D eigenvalue weighted by Gasteiger charge is 2.21. The topological polar surface area (TPSA) is 59.3 Å². The summed E-state index contributed by atoms with van der Waals surface area (Å²) in [5.74, 6) is 0.457. The van der Waals surface area contributed by atoms with E-state index in [1.54, 1.807) is 26.2 Å². The number of nitrogens with zero attached hydrogens (tertiary/aromatic N) is 1. The second kappa shape index (κ2) is 7.88. The fraction of sp³-hybridized carbons (Fsp3) is 0.273. The fourth-order valence-electron chi connectivity index (χ4n) is 3.42. The summed E-state index contributed by atoms with van der Waals surface area (Å²) in [6, 6.07) is 15.2. The van der Waals surface area contributed by atoms with E-state index in [1.165, 1.54) is 11.1 Å². The lowest BCUT2D eigenvalue weighted by atomic mass is 9.94. The molecule has 2 aromatic rings. The van der Waals surface area contributed by atoms with Crippen molar-refractivity contribution < 1.29 is 14.3 Å². The van der Waals surface area contributed by atoms with Crippen LogP contribution in [0.15, 0.2) is 42.5 Å². The first-order valence-corrected chi connectivity index (χ1v) is 8.76. The summed E-state index contributed by atoms with van der Waals surface area (Å²) in [6.07, 6.45) is 2.89. The van der Waals surface area contributed by atoms with Crippen LogP contribution >= 0.6 is 0 Å². The number of methoxy groups -OCH3 is 1. The molecule has 0 saturated carbocycles. The van der Waals surface area contributed by atoms with Crippen molar-refractivity contribution in [1.29, 1.82) is 5.26 Å². The Kier molecular flexibility index (Phi) is 5.38. The number of hydrogen-bond donors (Lipinski definition) is 0. The molecule has 2 aromatic carbocycles. The Morgan fingerprint density at radius 1 is 1.15 bits per heavy atom. The number of allylic oxidation sites excluding steroid dienone is 2. The third-order valence-electron chi connectivity index (χ3n) is 4.59. The predicted molar refractivity (Wildman–Crippen MR) is 101 cm³/mol. The number of benzene rings is 2. The maximum absolute atomic E-state index is 12.1. The molecule has 0 N–H and O–H groups in total. The van der Waals surface area contributed by atoms with Crippen LogP contribution in [0.3, 0.4) is 0 Å². The molecular formula is C22H21NO3. The number of ether oxygens (including phenoxy) is 2. The maximum Gasteiger partial charge on any atom is 0.338 e. The van der Waals surface area contributed by atoms with Crippen molar-refractivity contribution in [3.8, 4) is 11.8 Å². The summed E-state index contributed by atoms with van der Waals surface area (Å²) in [5, 5.41) is 9.24. The van der Waals surface area contributed by atoms with Gasteiger partial charge in [-0.2, -0.15) is 5.26 Å². The molecule has 1 aliphatic carbocycles. The van der Waals surface area contributed by atoms with E-state index in [-0.39, 0.29) is 5.97 Å². The maximum atomic E-state index is 12.1. The van der Waals surface area contributed by atoms with E-state index in [4.69, 9.17) is 9.47 Å². The van der Waals surface area contributed by atoms with Crippen molar-refractivity contribution in [3.05, 3.63) is 64.7 Å². The Morgan fingerprint density at radius 3 is 2.69 bits per heavy atom. The van der Waals surface area contributed by atoms with Gasteiger partial charge in [0.25, 0.3) is 0 Å². The van der Waals surface area contributed by atoms with Gasteiger partial charge in [-0.15, -0.1) is 0 Å². The van der Waals surface area contributed by atoms with E-state index in [0.29, 0.717) is 17.7 Å².